The van der Waals surface area contributed by atoms with E-state index in [1.54, 1.807) is 7.11 Å². The monoisotopic (exact) mass is 442 g/mol. The van der Waals surface area contributed by atoms with Crippen molar-refractivity contribution in [2.24, 2.45) is 0 Å². The van der Waals surface area contributed by atoms with Gasteiger partial charge in [-0.3, -0.25) is 9.69 Å². The molecule has 2 unspecified atom stereocenters. The molecule has 1 fully saturated rings. The van der Waals surface area contributed by atoms with Gasteiger partial charge in [0, 0.05) is 37.3 Å². The summed E-state index contributed by atoms with van der Waals surface area (Å²) in [6.07, 6.45) is 0. The van der Waals surface area contributed by atoms with Crippen LogP contribution in [0.5, 0.6) is 11.5 Å². The fraction of sp³-hybridized carbons (Fsp3) is 0.500. The molecule has 32 heavy (non-hydrogen) atoms. The Morgan fingerprint density at radius 1 is 1.06 bits per heavy atom. The molecule has 1 heterocycles. The van der Waals surface area contributed by atoms with Crippen LogP contribution in [0, 0.1) is 5.82 Å². The van der Waals surface area contributed by atoms with Crippen LogP contribution < -0.4 is 9.47 Å². The van der Waals surface area contributed by atoms with Gasteiger partial charge in [0.05, 0.1) is 7.11 Å². The van der Waals surface area contributed by atoms with E-state index < -0.39 is 0 Å². The minimum Gasteiger partial charge on any atom is -0.497 e. The number of ether oxygens (including phenoxy) is 2. The largest absolute Gasteiger partial charge is 0.497 e. The Hall–Kier alpha value is -2.60. The van der Waals surface area contributed by atoms with E-state index >= 15 is 0 Å². The van der Waals surface area contributed by atoms with Crippen LogP contribution in [0.2, 0.25) is 0 Å². The highest BCUT2D eigenvalue weighted by Gasteiger charge is 2.32. The summed E-state index contributed by atoms with van der Waals surface area (Å²) >= 11 is 0. The molecule has 0 aliphatic carbocycles. The molecule has 174 valence electrons. The molecule has 0 saturated carbocycles. The van der Waals surface area contributed by atoms with Crippen molar-refractivity contribution in [3.8, 4) is 11.5 Å². The standard InChI is InChI=1S/C26H35FN2O3/c1-18-15-29(19(2)14-28(18)16-20-7-9-21(27)10-8-20)25(30)17-32-24-12-11-22(31-6)13-23(24)26(3,4)5/h7-13,18-19H,14-17H2,1-6H3. The Balaban J connectivity index is 1.62. The summed E-state index contributed by atoms with van der Waals surface area (Å²) in [5.74, 6) is 1.24. The van der Waals surface area contributed by atoms with Gasteiger partial charge in [-0.1, -0.05) is 32.9 Å². The highest BCUT2D eigenvalue weighted by Crippen LogP contribution is 2.34. The summed E-state index contributed by atoms with van der Waals surface area (Å²) in [7, 11) is 1.64. The van der Waals surface area contributed by atoms with Crippen LogP contribution in [0.4, 0.5) is 4.39 Å². The molecule has 5 nitrogen and oxygen atoms in total. The lowest BCUT2D eigenvalue weighted by Gasteiger charge is -2.44. The number of piperazine rings is 1. The zero-order valence-corrected chi connectivity index (χ0v) is 20.0. The first-order chi connectivity index (χ1) is 15.1. The molecule has 3 rings (SSSR count). The number of carbonyl (C=O) groups excluding carboxylic acids is 1. The van der Waals surface area contributed by atoms with E-state index in [4.69, 9.17) is 9.47 Å². The van der Waals surface area contributed by atoms with Crippen molar-refractivity contribution >= 4 is 5.91 Å². The van der Waals surface area contributed by atoms with Crippen LogP contribution in [0.3, 0.4) is 0 Å². The maximum absolute atomic E-state index is 13.2. The molecule has 0 N–H and O–H groups in total. The van der Waals surface area contributed by atoms with Crippen molar-refractivity contribution in [2.75, 3.05) is 26.8 Å². The Labute approximate surface area is 191 Å². The second-order valence-electron chi connectivity index (χ2n) is 9.70. The van der Waals surface area contributed by atoms with Gasteiger partial charge >= 0.3 is 0 Å². The van der Waals surface area contributed by atoms with Crippen LogP contribution in [-0.2, 0) is 16.8 Å². The Morgan fingerprint density at radius 2 is 1.75 bits per heavy atom. The Bertz CT molecular complexity index is 924. The third-order valence-corrected chi connectivity index (χ3v) is 6.08. The highest BCUT2D eigenvalue weighted by atomic mass is 19.1. The molecule has 1 aliphatic rings. The normalized spacial score (nSPS) is 19.7. The number of rotatable bonds is 6. The van der Waals surface area contributed by atoms with E-state index in [0.29, 0.717) is 12.3 Å². The lowest BCUT2D eigenvalue weighted by molar-refractivity contribution is -0.139. The lowest BCUT2D eigenvalue weighted by Crippen LogP contribution is -2.58. The first-order valence-corrected chi connectivity index (χ1v) is 11.2. The van der Waals surface area contributed by atoms with Crippen LogP contribution in [0.25, 0.3) is 0 Å². The van der Waals surface area contributed by atoms with Crippen LogP contribution in [-0.4, -0.2) is 54.6 Å². The van der Waals surface area contributed by atoms with Crippen molar-refractivity contribution in [1.29, 1.82) is 0 Å². The van der Waals surface area contributed by atoms with Gasteiger partial charge in [-0.15, -0.1) is 0 Å². The van der Waals surface area contributed by atoms with Crippen molar-refractivity contribution in [3.05, 3.63) is 59.4 Å². The molecular weight excluding hydrogens is 407 g/mol. The minimum atomic E-state index is -0.225. The Kier molecular flexibility index (Phi) is 7.44. The fourth-order valence-electron chi connectivity index (χ4n) is 4.16. The first-order valence-electron chi connectivity index (χ1n) is 11.2. The van der Waals surface area contributed by atoms with E-state index in [9.17, 15) is 9.18 Å². The van der Waals surface area contributed by atoms with E-state index in [1.807, 2.05) is 35.2 Å². The molecule has 2 aromatic carbocycles. The predicted octanol–water partition coefficient (Wildman–Crippen LogP) is 4.63. The first kappa shape index (κ1) is 24.1. The van der Waals surface area contributed by atoms with Gasteiger partial charge in [-0.2, -0.15) is 0 Å². The third-order valence-electron chi connectivity index (χ3n) is 6.08. The van der Waals surface area contributed by atoms with Gasteiger partial charge in [0.25, 0.3) is 5.91 Å². The van der Waals surface area contributed by atoms with E-state index in [0.717, 1.165) is 30.0 Å². The number of hydrogen-bond acceptors (Lipinski definition) is 4. The van der Waals surface area contributed by atoms with Gasteiger partial charge in [-0.05, 0) is 55.2 Å². The van der Waals surface area contributed by atoms with Crippen LogP contribution in [0.15, 0.2) is 42.5 Å². The molecule has 1 saturated heterocycles. The molecular formula is C26H35FN2O3. The topological polar surface area (TPSA) is 42.0 Å². The van der Waals surface area contributed by atoms with Gasteiger partial charge in [0.1, 0.15) is 17.3 Å². The highest BCUT2D eigenvalue weighted by molar-refractivity contribution is 5.78. The number of hydrogen-bond donors (Lipinski definition) is 0. The van der Waals surface area contributed by atoms with Crippen molar-refractivity contribution in [2.45, 2.75) is 58.7 Å². The number of nitrogens with zero attached hydrogens (tertiary/aromatic N) is 2. The van der Waals surface area contributed by atoms with Gasteiger partial charge in [0.15, 0.2) is 6.61 Å². The SMILES string of the molecule is COc1ccc(OCC(=O)N2CC(C)N(Cc3ccc(F)cc3)CC2C)c(C(C)(C)C)c1. The van der Waals surface area contributed by atoms with Crippen molar-refractivity contribution < 1.29 is 18.7 Å². The number of carbonyl (C=O) groups is 1. The predicted molar refractivity (Wildman–Crippen MR) is 125 cm³/mol. The average Bonchev–Trinajstić information content (AvgIpc) is 2.75. The molecule has 0 bridgehead atoms. The van der Waals surface area contributed by atoms with Gasteiger partial charge in [-0.25, -0.2) is 4.39 Å². The number of amides is 1. The minimum absolute atomic E-state index is 0.00440. The molecule has 0 spiro atoms. The molecule has 2 atom stereocenters. The zero-order valence-electron chi connectivity index (χ0n) is 20.0. The van der Waals surface area contributed by atoms with E-state index in [-0.39, 0.29) is 35.8 Å². The summed E-state index contributed by atoms with van der Waals surface area (Å²) < 4.78 is 24.5. The molecule has 2 aromatic rings. The van der Waals surface area contributed by atoms with Crippen LogP contribution >= 0.6 is 0 Å². The molecule has 6 heteroatoms. The second kappa shape index (κ2) is 9.90. The zero-order chi connectivity index (χ0) is 23.5. The summed E-state index contributed by atoms with van der Waals surface area (Å²) in [4.78, 5) is 17.3. The molecule has 0 aromatic heterocycles. The molecule has 0 radical (unpaired) electrons. The van der Waals surface area contributed by atoms with Gasteiger partial charge < -0.3 is 14.4 Å². The lowest BCUT2D eigenvalue weighted by atomic mass is 9.86. The number of benzene rings is 2. The molecule has 1 amide bonds. The Morgan fingerprint density at radius 3 is 2.38 bits per heavy atom. The maximum Gasteiger partial charge on any atom is 0.260 e. The van der Waals surface area contributed by atoms with Crippen molar-refractivity contribution in [3.63, 3.8) is 0 Å². The van der Waals surface area contributed by atoms with Gasteiger partial charge in [0.2, 0.25) is 0 Å². The summed E-state index contributed by atoms with van der Waals surface area (Å²) in [6, 6.07) is 12.6. The fourth-order valence-corrected chi connectivity index (χ4v) is 4.16. The molecule has 1 aliphatic heterocycles. The number of halogens is 1. The third kappa shape index (κ3) is 5.80. The van der Waals surface area contributed by atoms with Crippen LogP contribution in [0.1, 0.15) is 45.7 Å². The summed E-state index contributed by atoms with van der Waals surface area (Å²) in [5.41, 5.74) is 1.94. The number of methoxy groups -OCH3 is 1. The smallest absolute Gasteiger partial charge is 0.260 e. The maximum atomic E-state index is 13.2. The van der Waals surface area contributed by atoms with E-state index in [2.05, 4.69) is 39.5 Å². The van der Waals surface area contributed by atoms with E-state index in [1.165, 1.54) is 12.1 Å². The quantitative estimate of drug-likeness (QED) is 0.654. The summed E-state index contributed by atoms with van der Waals surface area (Å²) in [5, 5.41) is 0. The summed E-state index contributed by atoms with van der Waals surface area (Å²) in [6.45, 7) is 12.7. The average molecular weight is 443 g/mol. The van der Waals surface area contributed by atoms with Crippen molar-refractivity contribution in [1.82, 2.24) is 9.80 Å². The second-order valence-corrected chi connectivity index (χ2v) is 9.70.